The average molecular weight is 394 g/mol. The molecule has 2 fully saturated rings. The van der Waals surface area contributed by atoms with Crippen molar-refractivity contribution in [2.75, 3.05) is 19.6 Å². The summed E-state index contributed by atoms with van der Waals surface area (Å²) in [7, 11) is -3.43. The van der Waals surface area contributed by atoms with Gasteiger partial charge in [0.1, 0.15) is 0 Å². The van der Waals surface area contributed by atoms with E-state index in [1.807, 2.05) is 42.2 Å². The number of hydrogen-bond donors (Lipinski definition) is 1. The maximum atomic E-state index is 13.1. The van der Waals surface area contributed by atoms with E-state index in [9.17, 15) is 13.2 Å². The summed E-state index contributed by atoms with van der Waals surface area (Å²) in [6, 6.07) is 9.23. The molecule has 3 rings (SSSR count). The van der Waals surface area contributed by atoms with Crippen molar-refractivity contribution in [3.63, 3.8) is 0 Å². The average Bonchev–Trinajstić information content (AvgIpc) is 2.68. The van der Waals surface area contributed by atoms with E-state index in [1.54, 1.807) is 0 Å². The van der Waals surface area contributed by atoms with Gasteiger partial charge < -0.3 is 10.6 Å². The van der Waals surface area contributed by atoms with E-state index in [0.717, 1.165) is 44.2 Å². The number of rotatable bonds is 5. The molecule has 0 bridgehead atoms. The molecule has 2 aliphatic heterocycles. The van der Waals surface area contributed by atoms with Crippen LogP contribution in [0.2, 0.25) is 0 Å². The van der Waals surface area contributed by atoms with Crippen LogP contribution in [0.15, 0.2) is 30.3 Å². The van der Waals surface area contributed by atoms with Crippen LogP contribution in [0, 0.1) is 5.92 Å². The van der Waals surface area contributed by atoms with Gasteiger partial charge >= 0.3 is 0 Å². The fraction of sp³-hybridized carbons (Fsp3) is 0.650. The normalized spacial score (nSPS) is 25.9. The number of nitrogens with two attached hydrogens (primary N) is 1. The molecule has 3 unspecified atom stereocenters. The van der Waals surface area contributed by atoms with Gasteiger partial charge in [-0.15, -0.1) is 0 Å². The summed E-state index contributed by atoms with van der Waals surface area (Å²) in [5, 5.41) is 0. The lowest BCUT2D eigenvalue weighted by Gasteiger charge is -2.41. The van der Waals surface area contributed by atoms with Gasteiger partial charge in [0, 0.05) is 31.7 Å². The molecule has 0 spiro atoms. The van der Waals surface area contributed by atoms with Crippen molar-refractivity contribution in [1.82, 2.24) is 9.21 Å². The van der Waals surface area contributed by atoms with E-state index >= 15 is 0 Å². The van der Waals surface area contributed by atoms with Gasteiger partial charge in [-0.1, -0.05) is 30.3 Å². The number of carbonyl (C=O) groups is 1. The molecule has 150 valence electrons. The number of carbonyl (C=O) groups excluding carboxylic acids is 1. The summed E-state index contributed by atoms with van der Waals surface area (Å²) in [5.41, 5.74) is 6.88. The second-order valence-electron chi connectivity index (χ2n) is 7.89. The molecule has 1 aromatic carbocycles. The first-order valence-corrected chi connectivity index (χ1v) is 11.6. The summed E-state index contributed by atoms with van der Waals surface area (Å²) in [5.74, 6) is -0.193. The first kappa shape index (κ1) is 20.3. The van der Waals surface area contributed by atoms with Crippen molar-refractivity contribution >= 4 is 15.9 Å². The van der Waals surface area contributed by atoms with Crippen LogP contribution < -0.4 is 5.73 Å². The molecule has 0 aliphatic carbocycles. The van der Waals surface area contributed by atoms with Crippen LogP contribution in [0.4, 0.5) is 0 Å². The van der Waals surface area contributed by atoms with Gasteiger partial charge in [-0.3, -0.25) is 4.79 Å². The van der Waals surface area contributed by atoms with Crippen LogP contribution in [0.25, 0.3) is 0 Å². The van der Waals surface area contributed by atoms with Crippen molar-refractivity contribution in [3.05, 3.63) is 35.9 Å². The monoisotopic (exact) mass is 393 g/mol. The first-order valence-electron chi connectivity index (χ1n) is 9.96. The Hall–Kier alpha value is -1.44. The molecule has 0 aromatic heterocycles. The summed E-state index contributed by atoms with van der Waals surface area (Å²) in [6.45, 7) is 3.47. The molecule has 1 amide bonds. The van der Waals surface area contributed by atoms with Gasteiger partial charge in [0.25, 0.3) is 0 Å². The second kappa shape index (κ2) is 8.71. The van der Waals surface area contributed by atoms with Crippen LogP contribution in [-0.2, 0) is 20.6 Å². The Morgan fingerprint density at radius 3 is 2.59 bits per heavy atom. The number of benzene rings is 1. The third-order valence-electron chi connectivity index (χ3n) is 5.76. The van der Waals surface area contributed by atoms with Crippen molar-refractivity contribution in [2.24, 2.45) is 11.7 Å². The SMILES string of the molecule is CC(N)C1CCCCN1C(=O)C1CCCN(S(=O)(=O)Cc2ccccc2)C1. The minimum absolute atomic E-state index is 0.0130. The number of piperidine rings is 2. The van der Waals surface area contributed by atoms with E-state index in [4.69, 9.17) is 5.73 Å². The molecule has 0 saturated carbocycles. The van der Waals surface area contributed by atoms with Crippen LogP contribution >= 0.6 is 0 Å². The van der Waals surface area contributed by atoms with E-state index in [2.05, 4.69) is 0 Å². The molecule has 2 saturated heterocycles. The van der Waals surface area contributed by atoms with Gasteiger partial charge in [-0.2, -0.15) is 0 Å². The van der Waals surface area contributed by atoms with Gasteiger partial charge in [0.05, 0.1) is 11.7 Å². The fourth-order valence-electron chi connectivity index (χ4n) is 4.28. The topological polar surface area (TPSA) is 83.7 Å². The van der Waals surface area contributed by atoms with Crippen LogP contribution in [0.1, 0.15) is 44.6 Å². The number of amides is 1. The molecule has 2 heterocycles. The standard InChI is InChI=1S/C20H31N3O3S/c1-16(21)19-11-5-6-13-23(19)20(24)18-10-7-12-22(14-18)27(25,26)15-17-8-3-2-4-9-17/h2-4,8-9,16,18-19H,5-7,10-15,21H2,1H3. The molecule has 2 N–H and O–H groups in total. The zero-order valence-electron chi connectivity index (χ0n) is 16.1. The summed E-state index contributed by atoms with van der Waals surface area (Å²) >= 11 is 0. The molecule has 2 aliphatic rings. The second-order valence-corrected chi connectivity index (χ2v) is 9.86. The Kier molecular flexibility index (Phi) is 6.55. The van der Waals surface area contributed by atoms with Crippen LogP contribution in [0.5, 0.6) is 0 Å². The van der Waals surface area contributed by atoms with E-state index in [1.165, 1.54) is 4.31 Å². The minimum atomic E-state index is -3.43. The third-order valence-corrected chi connectivity index (χ3v) is 7.57. The lowest BCUT2D eigenvalue weighted by molar-refractivity contribution is -0.141. The maximum absolute atomic E-state index is 13.1. The molecule has 0 radical (unpaired) electrons. The molecule has 3 atom stereocenters. The Morgan fingerprint density at radius 1 is 1.15 bits per heavy atom. The zero-order valence-corrected chi connectivity index (χ0v) is 16.9. The van der Waals surface area contributed by atoms with E-state index < -0.39 is 10.0 Å². The maximum Gasteiger partial charge on any atom is 0.227 e. The smallest absolute Gasteiger partial charge is 0.227 e. The summed E-state index contributed by atoms with van der Waals surface area (Å²) in [4.78, 5) is 15.1. The highest BCUT2D eigenvalue weighted by molar-refractivity contribution is 7.88. The lowest BCUT2D eigenvalue weighted by Crippen LogP contribution is -2.55. The quantitative estimate of drug-likeness (QED) is 0.829. The Bertz CT molecular complexity index is 736. The molecule has 6 nitrogen and oxygen atoms in total. The number of likely N-dealkylation sites (tertiary alicyclic amines) is 1. The molecule has 1 aromatic rings. The van der Waals surface area contributed by atoms with Gasteiger partial charge in [0.2, 0.25) is 15.9 Å². The predicted octanol–water partition coefficient (Wildman–Crippen LogP) is 1.96. The predicted molar refractivity (Wildman–Crippen MR) is 106 cm³/mol. The van der Waals surface area contributed by atoms with Gasteiger partial charge in [-0.05, 0) is 44.6 Å². The fourth-order valence-corrected chi connectivity index (χ4v) is 5.90. The minimum Gasteiger partial charge on any atom is -0.338 e. The zero-order chi connectivity index (χ0) is 19.4. The molecular formula is C20H31N3O3S. The summed E-state index contributed by atoms with van der Waals surface area (Å²) < 4.78 is 27.2. The van der Waals surface area contributed by atoms with Crippen molar-refractivity contribution in [1.29, 1.82) is 0 Å². The van der Waals surface area contributed by atoms with Crippen LogP contribution in [-0.4, -0.2) is 55.2 Å². The largest absolute Gasteiger partial charge is 0.338 e. The number of hydrogen-bond acceptors (Lipinski definition) is 4. The lowest BCUT2D eigenvalue weighted by atomic mass is 9.92. The Labute approximate surface area is 162 Å². The first-order chi connectivity index (χ1) is 12.9. The molecule has 7 heteroatoms. The van der Waals surface area contributed by atoms with Crippen molar-refractivity contribution in [3.8, 4) is 0 Å². The molecule has 27 heavy (non-hydrogen) atoms. The Morgan fingerprint density at radius 2 is 1.89 bits per heavy atom. The highest BCUT2D eigenvalue weighted by Crippen LogP contribution is 2.27. The summed E-state index contributed by atoms with van der Waals surface area (Å²) in [6.07, 6.45) is 4.50. The van der Waals surface area contributed by atoms with Crippen molar-refractivity contribution < 1.29 is 13.2 Å². The highest BCUT2D eigenvalue weighted by atomic mass is 32.2. The molecular weight excluding hydrogens is 362 g/mol. The van der Waals surface area contributed by atoms with E-state index in [-0.39, 0.29) is 36.2 Å². The number of nitrogens with zero attached hydrogens (tertiary/aromatic N) is 2. The van der Waals surface area contributed by atoms with Gasteiger partial charge in [0.15, 0.2) is 0 Å². The van der Waals surface area contributed by atoms with Gasteiger partial charge in [-0.25, -0.2) is 12.7 Å². The van der Waals surface area contributed by atoms with Crippen molar-refractivity contribution in [2.45, 2.75) is 56.9 Å². The number of sulfonamides is 1. The van der Waals surface area contributed by atoms with Crippen LogP contribution in [0.3, 0.4) is 0 Å². The third kappa shape index (κ3) is 4.89. The van der Waals surface area contributed by atoms with E-state index in [0.29, 0.717) is 6.54 Å². The Balaban J connectivity index is 1.69. The highest BCUT2D eigenvalue weighted by Gasteiger charge is 2.37.